The van der Waals surface area contributed by atoms with Crippen molar-refractivity contribution in [3.63, 3.8) is 0 Å². The minimum absolute atomic E-state index is 0.0284. The van der Waals surface area contributed by atoms with E-state index in [9.17, 15) is 9.90 Å². The average Bonchev–Trinajstić information content (AvgIpc) is 2.92. The number of carbonyl (C=O) groups excluding carboxylic acids is 1. The predicted molar refractivity (Wildman–Crippen MR) is 75.9 cm³/mol. The number of rotatable bonds is 2. The molecule has 1 aliphatic rings. The lowest BCUT2D eigenvalue weighted by molar-refractivity contribution is 0.0817. The third-order valence-corrected chi connectivity index (χ3v) is 4.34. The number of imidazole rings is 1. The van der Waals surface area contributed by atoms with Gasteiger partial charge in [-0.05, 0) is 11.6 Å². The summed E-state index contributed by atoms with van der Waals surface area (Å²) in [5, 5.41) is 9.91. The quantitative estimate of drug-likeness (QED) is 0.925. The molecule has 0 aliphatic heterocycles. The van der Waals surface area contributed by atoms with Gasteiger partial charge in [0.25, 0.3) is 0 Å². The molecule has 1 unspecified atom stereocenters. The number of nitrogens with zero attached hydrogens (tertiary/aromatic N) is 2. The molecule has 1 aromatic carbocycles. The van der Waals surface area contributed by atoms with Crippen LogP contribution in [0.15, 0.2) is 30.7 Å². The van der Waals surface area contributed by atoms with Gasteiger partial charge in [0.15, 0.2) is 5.78 Å². The molecule has 4 nitrogen and oxygen atoms in total. The van der Waals surface area contributed by atoms with Crippen molar-refractivity contribution < 1.29 is 9.90 Å². The van der Waals surface area contributed by atoms with Crippen LogP contribution >= 0.6 is 11.6 Å². The van der Waals surface area contributed by atoms with Crippen molar-refractivity contribution in [2.45, 2.75) is 26.5 Å². The highest BCUT2D eigenvalue weighted by atomic mass is 35.5. The van der Waals surface area contributed by atoms with E-state index in [-0.39, 0.29) is 18.4 Å². The summed E-state index contributed by atoms with van der Waals surface area (Å²) in [7, 11) is 0. The number of carbonyl (C=O) groups is 1. The van der Waals surface area contributed by atoms with Crippen LogP contribution in [-0.2, 0) is 6.61 Å². The van der Waals surface area contributed by atoms with Gasteiger partial charge in [0.05, 0.1) is 41.3 Å². The van der Waals surface area contributed by atoms with Gasteiger partial charge in [0.1, 0.15) is 0 Å². The molecule has 1 aliphatic carbocycles. The van der Waals surface area contributed by atoms with E-state index < -0.39 is 5.41 Å². The van der Waals surface area contributed by atoms with Crippen molar-refractivity contribution in [3.05, 3.63) is 52.6 Å². The van der Waals surface area contributed by atoms with Gasteiger partial charge in [-0.25, -0.2) is 4.98 Å². The molecule has 1 aromatic heterocycles. The largest absolute Gasteiger partial charge is 0.390 e. The Kier molecular flexibility index (Phi) is 2.96. The maximum Gasteiger partial charge on any atom is 0.172 e. The van der Waals surface area contributed by atoms with Crippen LogP contribution < -0.4 is 0 Å². The molecule has 0 saturated heterocycles. The van der Waals surface area contributed by atoms with E-state index in [1.807, 2.05) is 30.5 Å². The Morgan fingerprint density at radius 3 is 2.90 bits per heavy atom. The van der Waals surface area contributed by atoms with Crippen molar-refractivity contribution in [2.75, 3.05) is 0 Å². The number of hydrogen-bond donors (Lipinski definition) is 1. The summed E-state index contributed by atoms with van der Waals surface area (Å²) in [6, 6.07) is 5.30. The summed E-state index contributed by atoms with van der Waals surface area (Å²) in [5.74, 6) is 0.0284. The zero-order valence-electron chi connectivity index (χ0n) is 11.3. The number of ketones is 1. The second kappa shape index (κ2) is 4.43. The van der Waals surface area contributed by atoms with E-state index in [1.54, 1.807) is 18.6 Å². The topological polar surface area (TPSA) is 55.1 Å². The van der Waals surface area contributed by atoms with Crippen molar-refractivity contribution in [1.29, 1.82) is 0 Å². The van der Waals surface area contributed by atoms with Crippen molar-refractivity contribution in [3.8, 4) is 0 Å². The Morgan fingerprint density at radius 2 is 2.20 bits per heavy atom. The van der Waals surface area contributed by atoms with Crippen LogP contribution in [0.2, 0.25) is 5.02 Å². The van der Waals surface area contributed by atoms with Crippen molar-refractivity contribution >= 4 is 17.4 Å². The number of halogens is 1. The summed E-state index contributed by atoms with van der Waals surface area (Å²) in [5.41, 5.74) is 1.53. The Hall–Kier alpha value is -1.65. The Balaban J connectivity index is 2.26. The standard InChI is InChI=1S/C15H15ClN2O2/c1-15(2)13(18-8-17-6-9(18)7-19)10-4-3-5-11(16)12(10)14(15)20/h3-6,8,13,19H,7H2,1-2H3. The highest BCUT2D eigenvalue weighted by Crippen LogP contribution is 2.49. The predicted octanol–water partition coefficient (Wildman–Crippen LogP) is 2.84. The SMILES string of the molecule is CC1(C)C(=O)c2c(Cl)cccc2C1n1cncc1CO. The number of Topliss-reactive ketones (excluding diaryl/α,β-unsaturated/α-hetero) is 1. The molecule has 2 aromatic rings. The minimum Gasteiger partial charge on any atom is -0.390 e. The Bertz CT molecular complexity index is 691. The average molecular weight is 291 g/mol. The maximum atomic E-state index is 12.7. The molecule has 0 fully saturated rings. The lowest BCUT2D eigenvalue weighted by Gasteiger charge is -2.28. The van der Waals surface area contributed by atoms with Gasteiger partial charge in [0, 0.05) is 5.56 Å². The Labute approximate surface area is 122 Å². The summed E-state index contributed by atoms with van der Waals surface area (Å²) in [6.07, 6.45) is 3.27. The van der Waals surface area contributed by atoms with Crippen LogP contribution in [0.4, 0.5) is 0 Å². The van der Waals surface area contributed by atoms with Gasteiger partial charge >= 0.3 is 0 Å². The first-order valence-electron chi connectivity index (χ1n) is 6.43. The number of benzene rings is 1. The van der Waals surface area contributed by atoms with Gasteiger partial charge in [-0.15, -0.1) is 0 Å². The molecule has 1 atom stereocenters. The smallest absolute Gasteiger partial charge is 0.172 e. The number of fused-ring (bicyclic) bond motifs is 1. The first-order valence-corrected chi connectivity index (χ1v) is 6.81. The molecule has 0 radical (unpaired) electrons. The number of aliphatic hydroxyl groups excluding tert-OH is 1. The summed E-state index contributed by atoms with van der Waals surface area (Å²) in [6.45, 7) is 3.69. The van der Waals surface area contributed by atoms with Crippen LogP contribution in [-0.4, -0.2) is 20.4 Å². The molecule has 104 valence electrons. The number of aromatic nitrogens is 2. The second-order valence-electron chi connectivity index (χ2n) is 5.61. The summed E-state index contributed by atoms with van der Waals surface area (Å²) >= 11 is 6.20. The fourth-order valence-electron chi connectivity index (χ4n) is 3.03. The first-order chi connectivity index (χ1) is 9.48. The molecule has 0 amide bonds. The Morgan fingerprint density at radius 1 is 1.45 bits per heavy atom. The van der Waals surface area contributed by atoms with Crippen LogP contribution in [0.5, 0.6) is 0 Å². The lowest BCUT2D eigenvalue weighted by Crippen LogP contribution is -2.29. The fourth-order valence-corrected chi connectivity index (χ4v) is 3.30. The van der Waals surface area contributed by atoms with E-state index >= 15 is 0 Å². The van der Waals surface area contributed by atoms with Gasteiger partial charge in [-0.3, -0.25) is 4.79 Å². The van der Waals surface area contributed by atoms with Gasteiger partial charge in [0.2, 0.25) is 0 Å². The lowest BCUT2D eigenvalue weighted by atomic mass is 9.84. The highest BCUT2D eigenvalue weighted by molar-refractivity contribution is 6.34. The molecule has 20 heavy (non-hydrogen) atoms. The maximum absolute atomic E-state index is 12.7. The van der Waals surface area contributed by atoms with E-state index in [2.05, 4.69) is 4.98 Å². The number of hydrogen-bond acceptors (Lipinski definition) is 3. The minimum atomic E-state index is -0.627. The van der Waals surface area contributed by atoms with Crippen molar-refractivity contribution in [2.24, 2.45) is 5.41 Å². The molecule has 3 rings (SSSR count). The highest BCUT2D eigenvalue weighted by Gasteiger charge is 2.48. The molecule has 0 bridgehead atoms. The van der Waals surface area contributed by atoms with Crippen LogP contribution in [0, 0.1) is 5.41 Å². The first kappa shape index (κ1) is 13.3. The zero-order chi connectivity index (χ0) is 14.5. The van der Waals surface area contributed by atoms with E-state index in [1.165, 1.54) is 0 Å². The molecule has 0 spiro atoms. The monoisotopic (exact) mass is 290 g/mol. The third-order valence-electron chi connectivity index (χ3n) is 4.02. The van der Waals surface area contributed by atoms with E-state index in [4.69, 9.17) is 11.6 Å². The molecule has 0 saturated carbocycles. The van der Waals surface area contributed by atoms with Crippen LogP contribution in [0.1, 0.15) is 41.5 Å². The molecule has 1 heterocycles. The molecule has 5 heteroatoms. The third kappa shape index (κ3) is 1.65. The van der Waals surface area contributed by atoms with Crippen LogP contribution in [0.25, 0.3) is 0 Å². The second-order valence-corrected chi connectivity index (χ2v) is 6.01. The van der Waals surface area contributed by atoms with Crippen LogP contribution in [0.3, 0.4) is 0 Å². The zero-order valence-corrected chi connectivity index (χ0v) is 12.1. The van der Waals surface area contributed by atoms with E-state index in [0.717, 1.165) is 5.56 Å². The van der Waals surface area contributed by atoms with Gasteiger partial charge in [-0.1, -0.05) is 37.6 Å². The van der Waals surface area contributed by atoms with Gasteiger partial charge in [-0.2, -0.15) is 0 Å². The normalized spacial score (nSPS) is 20.2. The molecular weight excluding hydrogens is 276 g/mol. The fraction of sp³-hybridized carbons (Fsp3) is 0.333. The molecule has 1 N–H and O–H groups in total. The summed E-state index contributed by atoms with van der Waals surface area (Å²) in [4.78, 5) is 16.7. The number of aliphatic hydroxyl groups is 1. The van der Waals surface area contributed by atoms with E-state index in [0.29, 0.717) is 16.3 Å². The van der Waals surface area contributed by atoms with Crippen molar-refractivity contribution in [1.82, 2.24) is 9.55 Å². The molecular formula is C15H15ClN2O2. The van der Waals surface area contributed by atoms with Gasteiger partial charge < -0.3 is 9.67 Å². The summed E-state index contributed by atoms with van der Waals surface area (Å²) < 4.78 is 1.86.